The first-order chi connectivity index (χ1) is 11.3. The fourth-order valence-corrected chi connectivity index (χ4v) is 15.8. The van der Waals surface area contributed by atoms with E-state index in [1.807, 2.05) is 26.2 Å². The van der Waals surface area contributed by atoms with Gasteiger partial charge in [0.15, 0.2) is 8.32 Å². The van der Waals surface area contributed by atoms with Crippen LogP contribution in [0.1, 0.15) is 6.42 Å². The van der Waals surface area contributed by atoms with Crippen LogP contribution >= 0.6 is 0 Å². The van der Waals surface area contributed by atoms with Crippen molar-refractivity contribution in [3.8, 4) is 0 Å². The number of hydrogen-bond acceptors (Lipinski definition) is 6. The van der Waals surface area contributed by atoms with E-state index in [0.717, 1.165) is 24.6 Å². The summed E-state index contributed by atoms with van der Waals surface area (Å²) in [5.74, 6) is -0.839. The number of carbonyl (C=O) groups is 2. The summed E-state index contributed by atoms with van der Waals surface area (Å²) in [6, 6.07) is 0.866. The summed E-state index contributed by atoms with van der Waals surface area (Å²) in [4.78, 5) is 22.3. The highest BCUT2D eigenvalue weighted by atomic mass is 28.5. The van der Waals surface area contributed by atoms with E-state index in [-0.39, 0.29) is 6.23 Å². The molecule has 0 fully saturated rings. The predicted molar refractivity (Wildman–Crippen MR) is 106 cm³/mol. The van der Waals surface area contributed by atoms with E-state index in [9.17, 15) is 9.59 Å². The Hall–Kier alpha value is -1.01. The van der Waals surface area contributed by atoms with Gasteiger partial charge in [-0.2, -0.15) is 0 Å². The first kappa shape index (κ1) is 24.0. The Balaban J connectivity index is 4.49. The van der Waals surface area contributed by atoms with Gasteiger partial charge in [0.1, 0.15) is 6.23 Å². The van der Waals surface area contributed by atoms with E-state index in [4.69, 9.17) is 17.7 Å². The Labute approximate surface area is 154 Å². The van der Waals surface area contributed by atoms with Crippen molar-refractivity contribution in [1.82, 2.24) is 0 Å². The molecule has 9 heteroatoms. The van der Waals surface area contributed by atoms with E-state index in [1.165, 1.54) is 0 Å². The molecule has 0 aromatic carbocycles. The molecular formula is C16H32O6Si3. The molecule has 0 heterocycles. The first-order valence-electron chi connectivity index (χ1n) is 8.31. The molecule has 0 N–H and O–H groups in total. The fourth-order valence-electron chi connectivity index (χ4n) is 2.47. The van der Waals surface area contributed by atoms with E-state index < -0.39 is 37.1 Å². The summed E-state index contributed by atoms with van der Waals surface area (Å²) >= 11 is 0. The Kier molecular flexibility index (Phi) is 9.80. The van der Waals surface area contributed by atoms with Gasteiger partial charge in [-0.15, -0.1) is 0 Å². The zero-order chi connectivity index (χ0) is 19.7. The minimum absolute atomic E-state index is 0.275. The molecule has 0 saturated heterocycles. The highest BCUT2D eigenvalue weighted by Crippen LogP contribution is 2.24. The number of hydrogen-bond donors (Lipinski definition) is 0. The van der Waals surface area contributed by atoms with Gasteiger partial charge in [0.05, 0.1) is 6.61 Å². The quantitative estimate of drug-likeness (QED) is 0.214. The van der Waals surface area contributed by atoms with Gasteiger partial charge < -0.3 is 17.7 Å². The van der Waals surface area contributed by atoms with Crippen molar-refractivity contribution in [1.29, 1.82) is 0 Å². The lowest BCUT2D eigenvalue weighted by Gasteiger charge is -2.38. The van der Waals surface area contributed by atoms with Crippen LogP contribution in [0.25, 0.3) is 0 Å². The highest BCUT2D eigenvalue weighted by Gasteiger charge is 2.40. The van der Waals surface area contributed by atoms with E-state index in [0.29, 0.717) is 6.61 Å². The Morgan fingerprint density at radius 1 is 0.840 bits per heavy atom. The molecule has 144 valence electrons. The lowest BCUT2D eigenvalue weighted by Crippen LogP contribution is -2.54. The SMILES string of the molecule is C=CC(=O)OCCC[Si](C)(C)O[Si](C)(C)O[Si](C)(C)COC(=O)C=C. The van der Waals surface area contributed by atoms with E-state index in [1.54, 1.807) is 0 Å². The lowest BCUT2D eigenvalue weighted by atomic mass is 10.5. The van der Waals surface area contributed by atoms with Crippen LogP contribution in [0.3, 0.4) is 0 Å². The van der Waals surface area contributed by atoms with Gasteiger partial charge in [-0.05, 0) is 51.7 Å². The molecule has 0 radical (unpaired) electrons. The van der Waals surface area contributed by atoms with Crippen LogP contribution in [0.2, 0.25) is 45.3 Å². The van der Waals surface area contributed by atoms with E-state index in [2.05, 4.69) is 26.3 Å². The largest absolute Gasteiger partial charge is 0.463 e. The van der Waals surface area contributed by atoms with E-state index >= 15 is 0 Å². The van der Waals surface area contributed by atoms with Crippen LogP contribution < -0.4 is 0 Å². The molecule has 0 amide bonds. The van der Waals surface area contributed by atoms with Gasteiger partial charge in [-0.25, -0.2) is 9.59 Å². The van der Waals surface area contributed by atoms with Crippen LogP contribution in [-0.2, 0) is 27.3 Å². The maximum absolute atomic E-state index is 11.2. The fraction of sp³-hybridized carbons (Fsp3) is 0.625. The zero-order valence-corrected chi connectivity index (χ0v) is 19.3. The molecule has 0 aliphatic carbocycles. The molecule has 0 spiro atoms. The van der Waals surface area contributed by atoms with Crippen molar-refractivity contribution in [3.05, 3.63) is 25.3 Å². The van der Waals surface area contributed by atoms with Crippen LogP contribution in [-0.4, -0.2) is 50.0 Å². The van der Waals surface area contributed by atoms with Gasteiger partial charge in [0.25, 0.3) is 0 Å². The molecule has 0 aromatic heterocycles. The predicted octanol–water partition coefficient (Wildman–Crippen LogP) is 3.52. The Morgan fingerprint density at radius 3 is 1.84 bits per heavy atom. The van der Waals surface area contributed by atoms with Crippen molar-refractivity contribution in [2.75, 3.05) is 12.8 Å². The molecule has 0 aliphatic heterocycles. The van der Waals surface area contributed by atoms with Crippen molar-refractivity contribution >= 4 is 37.1 Å². The number of rotatable bonds is 12. The maximum atomic E-state index is 11.2. The second kappa shape index (κ2) is 10.2. The third-order valence-electron chi connectivity index (χ3n) is 3.11. The summed E-state index contributed by atoms with van der Waals surface area (Å²) < 4.78 is 22.8. The number of esters is 2. The van der Waals surface area contributed by atoms with Gasteiger partial charge >= 0.3 is 20.5 Å². The highest BCUT2D eigenvalue weighted by molar-refractivity contribution is 6.87. The summed E-state index contributed by atoms with van der Waals surface area (Å²) in [6.45, 7) is 19.4. The number of ether oxygens (including phenoxy) is 2. The van der Waals surface area contributed by atoms with Crippen molar-refractivity contribution in [2.24, 2.45) is 0 Å². The van der Waals surface area contributed by atoms with Gasteiger partial charge in [-0.1, -0.05) is 13.2 Å². The first-order valence-corrected chi connectivity index (χ1v) is 17.4. The maximum Gasteiger partial charge on any atom is 0.330 e. The molecule has 0 atom stereocenters. The summed E-state index contributed by atoms with van der Waals surface area (Å²) in [5.41, 5.74) is 0. The third kappa shape index (κ3) is 12.1. The summed E-state index contributed by atoms with van der Waals surface area (Å²) in [7, 11) is -6.51. The Bertz CT molecular complexity index is 488. The van der Waals surface area contributed by atoms with Crippen LogP contribution in [0.15, 0.2) is 25.3 Å². The second-order valence-electron chi connectivity index (χ2n) is 7.41. The minimum atomic E-state index is -2.36. The standard InChI is InChI=1S/C16H32O6Si3/c1-9-15(17)19-12-11-13-23(3,4)21-25(7,8)22-24(5,6)14-20-16(18)10-2/h9-10H,1-2,11-14H2,3-8H3. The minimum Gasteiger partial charge on any atom is -0.463 e. The average molecular weight is 405 g/mol. The topological polar surface area (TPSA) is 71.1 Å². The average Bonchev–Trinajstić information content (AvgIpc) is 2.46. The molecule has 0 aromatic rings. The van der Waals surface area contributed by atoms with Crippen molar-refractivity contribution < 1.29 is 27.3 Å². The van der Waals surface area contributed by atoms with Crippen molar-refractivity contribution in [2.45, 2.75) is 51.7 Å². The van der Waals surface area contributed by atoms with Crippen LogP contribution in [0.4, 0.5) is 0 Å². The molecule has 0 unspecified atom stereocenters. The molecule has 0 saturated carbocycles. The molecule has 0 rings (SSSR count). The third-order valence-corrected chi connectivity index (χ3v) is 13.9. The molecule has 0 bridgehead atoms. The van der Waals surface area contributed by atoms with Gasteiger partial charge in [0.2, 0.25) is 8.32 Å². The molecular weight excluding hydrogens is 372 g/mol. The second-order valence-corrected chi connectivity index (χ2v) is 19.7. The van der Waals surface area contributed by atoms with Crippen molar-refractivity contribution in [3.63, 3.8) is 0 Å². The summed E-state index contributed by atoms with van der Waals surface area (Å²) in [6.07, 6.45) is 3.34. The lowest BCUT2D eigenvalue weighted by molar-refractivity contribution is -0.138. The smallest absolute Gasteiger partial charge is 0.330 e. The monoisotopic (exact) mass is 404 g/mol. The number of carbonyl (C=O) groups excluding carboxylic acids is 2. The van der Waals surface area contributed by atoms with Crippen LogP contribution in [0.5, 0.6) is 0 Å². The Morgan fingerprint density at radius 2 is 1.32 bits per heavy atom. The normalized spacial score (nSPS) is 12.4. The molecule has 25 heavy (non-hydrogen) atoms. The molecule has 6 nitrogen and oxygen atoms in total. The summed E-state index contributed by atoms with van der Waals surface area (Å²) in [5, 5.41) is 0. The zero-order valence-electron chi connectivity index (χ0n) is 16.3. The molecule has 0 aliphatic rings. The van der Waals surface area contributed by atoms with Crippen LogP contribution in [0, 0.1) is 0 Å². The van der Waals surface area contributed by atoms with Gasteiger partial charge in [-0.3, -0.25) is 0 Å². The van der Waals surface area contributed by atoms with Gasteiger partial charge in [0, 0.05) is 12.2 Å².